The SMILES string of the molecule is Cc1ccnc(Oc2ccc(NC(=O)OC(C)(C)C)cc2Cl)n1. The molecule has 0 bridgehead atoms. The van der Waals surface area contributed by atoms with E-state index in [2.05, 4.69) is 15.3 Å². The standard InChI is InChI=1S/C16H18ClN3O3/c1-10-7-8-18-14(19-10)22-13-6-5-11(9-12(13)17)20-15(21)23-16(2,3)4/h5-9H,1-4H3,(H,20,21). The number of nitrogens with one attached hydrogen (secondary N) is 1. The highest BCUT2D eigenvalue weighted by molar-refractivity contribution is 6.32. The first-order valence-corrected chi connectivity index (χ1v) is 7.38. The topological polar surface area (TPSA) is 73.3 Å². The van der Waals surface area contributed by atoms with Crippen molar-refractivity contribution in [2.75, 3.05) is 5.32 Å². The van der Waals surface area contributed by atoms with Crippen molar-refractivity contribution < 1.29 is 14.3 Å². The van der Waals surface area contributed by atoms with Gasteiger partial charge in [0, 0.05) is 17.6 Å². The Kier molecular flexibility index (Phi) is 5.05. The van der Waals surface area contributed by atoms with Gasteiger partial charge in [0.25, 0.3) is 0 Å². The molecule has 1 aromatic carbocycles. The first-order chi connectivity index (χ1) is 10.7. The lowest BCUT2D eigenvalue weighted by Crippen LogP contribution is -2.27. The Labute approximate surface area is 139 Å². The van der Waals surface area contributed by atoms with Crippen molar-refractivity contribution in [1.29, 1.82) is 0 Å². The molecule has 7 heteroatoms. The fourth-order valence-corrected chi connectivity index (χ4v) is 1.88. The zero-order valence-electron chi connectivity index (χ0n) is 13.4. The van der Waals surface area contributed by atoms with Gasteiger partial charge in [-0.15, -0.1) is 0 Å². The van der Waals surface area contributed by atoms with Crippen LogP contribution in [-0.2, 0) is 4.74 Å². The summed E-state index contributed by atoms with van der Waals surface area (Å²) in [6, 6.07) is 6.82. The number of carbonyl (C=O) groups excluding carboxylic acids is 1. The summed E-state index contributed by atoms with van der Waals surface area (Å²) in [6.45, 7) is 7.21. The van der Waals surface area contributed by atoms with Crippen LogP contribution in [0.1, 0.15) is 26.5 Å². The molecule has 1 heterocycles. The molecule has 0 atom stereocenters. The Balaban J connectivity index is 2.07. The summed E-state index contributed by atoms with van der Waals surface area (Å²) < 4.78 is 10.7. The Morgan fingerprint density at radius 2 is 2.00 bits per heavy atom. The van der Waals surface area contributed by atoms with Crippen LogP contribution in [0.5, 0.6) is 11.8 Å². The van der Waals surface area contributed by atoms with E-state index in [4.69, 9.17) is 21.1 Å². The van der Waals surface area contributed by atoms with E-state index in [0.29, 0.717) is 16.5 Å². The molecule has 2 aromatic rings. The third kappa shape index (κ3) is 5.41. The third-order valence-electron chi connectivity index (χ3n) is 2.55. The second kappa shape index (κ2) is 6.83. The number of halogens is 1. The molecule has 0 unspecified atom stereocenters. The number of aromatic nitrogens is 2. The molecule has 0 spiro atoms. The van der Waals surface area contributed by atoms with Crippen molar-refractivity contribution in [2.24, 2.45) is 0 Å². The number of hydrogen-bond acceptors (Lipinski definition) is 5. The monoisotopic (exact) mass is 335 g/mol. The van der Waals surface area contributed by atoms with E-state index in [1.54, 1.807) is 51.2 Å². The second-order valence-corrected chi connectivity index (χ2v) is 6.26. The molecule has 1 amide bonds. The number of rotatable bonds is 3. The largest absolute Gasteiger partial charge is 0.444 e. The minimum atomic E-state index is -0.570. The van der Waals surface area contributed by atoms with Crippen molar-refractivity contribution in [3.05, 3.63) is 41.2 Å². The number of benzene rings is 1. The summed E-state index contributed by atoms with van der Waals surface area (Å²) in [5, 5.41) is 2.93. The summed E-state index contributed by atoms with van der Waals surface area (Å²) in [4.78, 5) is 19.9. The van der Waals surface area contributed by atoms with Gasteiger partial charge in [0.1, 0.15) is 11.4 Å². The maximum atomic E-state index is 11.7. The van der Waals surface area contributed by atoms with E-state index >= 15 is 0 Å². The van der Waals surface area contributed by atoms with Gasteiger partial charge in [-0.1, -0.05) is 11.6 Å². The minimum Gasteiger partial charge on any atom is -0.444 e. The first kappa shape index (κ1) is 17.0. The Morgan fingerprint density at radius 3 is 2.61 bits per heavy atom. The summed E-state index contributed by atoms with van der Waals surface area (Å²) in [5.74, 6) is 0.395. The van der Waals surface area contributed by atoms with Crippen molar-refractivity contribution >= 4 is 23.4 Å². The summed E-state index contributed by atoms with van der Waals surface area (Å²) in [6.07, 6.45) is 1.05. The highest BCUT2D eigenvalue weighted by Crippen LogP contribution is 2.30. The van der Waals surface area contributed by atoms with Crippen molar-refractivity contribution in [3.8, 4) is 11.8 Å². The van der Waals surface area contributed by atoms with Crippen LogP contribution in [-0.4, -0.2) is 21.7 Å². The molecule has 0 aliphatic heterocycles. The number of nitrogens with zero attached hydrogens (tertiary/aromatic N) is 2. The van der Waals surface area contributed by atoms with Gasteiger partial charge in [-0.3, -0.25) is 5.32 Å². The van der Waals surface area contributed by atoms with Crippen LogP contribution in [0.4, 0.5) is 10.5 Å². The smallest absolute Gasteiger partial charge is 0.412 e. The van der Waals surface area contributed by atoms with E-state index in [1.165, 1.54) is 0 Å². The molecular weight excluding hydrogens is 318 g/mol. The fraction of sp³-hybridized carbons (Fsp3) is 0.312. The van der Waals surface area contributed by atoms with E-state index < -0.39 is 11.7 Å². The normalized spacial score (nSPS) is 11.0. The van der Waals surface area contributed by atoms with Crippen molar-refractivity contribution in [2.45, 2.75) is 33.3 Å². The second-order valence-electron chi connectivity index (χ2n) is 5.85. The van der Waals surface area contributed by atoms with E-state index in [-0.39, 0.29) is 6.01 Å². The number of anilines is 1. The van der Waals surface area contributed by atoms with Gasteiger partial charge < -0.3 is 9.47 Å². The predicted octanol–water partition coefficient (Wildman–Crippen LogP) is 4.58. The zero-order chi connectivity index (χ0) is 17.0. The van der Waals surface area contributed by atoms with Crippen LogP contribution in [0.2, 0.25) is 5.02 Å². The maximum absolute atomic E-state index is 11.7. The highest BCUT2D eigenvalue weighted by atomic mass is 35.5. The molecule has 122 valence electrons. The quantitative estimate of drug-likeness (QED) is 0.888. The van der Waals surface area contributed by atoms with E-state index in [9.17, 15) is 4.79 Å². The molecule has 0 saturated carbocycles. The molecule has 2 rings (SSSR count). The van der Waals surface area contributed by atoms with Gasteiger partial charge in [0.05, 0.1) is 5.02 Å². The van der Waals surface area contributed by atoms with Gasteiger partial charge in [0.15, 0.2) is 0 Å². The molecular formula is C16H18ClN3O3. The molecule has 0 aliphatic carbocycles. The van der Waals surface area contributed by atoms with Gasteiger partial charge >= 0.3 is 12.1 Å². The molecule has 0 fully saturated rings. The lowest BCUT2D eigenvalue weighted by molar-refractivity contribution is 0.0636. The highest BCUT2D eigenvalue weighted by Gasteiger charge is 2.16. The Morgan fingerprint density at radius 1 is 1.26 bits per heavy atom. The third-order valence-corrected chi connectivity index (χ3v) is 2.85. The predicted molar refractivity (Wildman–Crippen MR) is 88.2 cm³/mol. The average Bonchev–Trinajstić information content (AvgIpc) is 2.40. The van der Waals surface area contributed by atoms with Gasteiger partial charge in [-0.2, -0.15) is 0 Å². The van der Waals surface area contributed by atoms with Gasteiger partial charge in [-0.05, 0) is 52.0 Å². The number of carbonyl (C=O) groups is 1. The molecule has 0 aliphatic rings. The summed E-state index contributed by atoms with van der Waals surface area (Å²) >= 11 is 6.16. The average molecular weight is 336 g/mol. The van der Waals surface area contributed by atoms with E-state index in [0.717, 1.165) is 5.69 Å². The lowest BCUT2D eigenvalue weighted by atomic mass is 10.2. The molecule has 1 aromatic heterocycles. The number of hydrogen-bond donors (Lipinski definition) is 1. The molecule has 23 heavy (non-hydrogen) atoms. The summed E-state index contributed by atoms with van der Waals surface area (Å²) in [5.41, 5.74) is 0.718. The van der Waals surface area contributed by atoms with Crippen molar-refractivity contribution in [1.82, 2.24) is 9.97 Å². The van der Waals surface area contributed by atoms with Crippen LogP contribution >= 0.6 is 11.6 Å². The molecule has 0 saturated heterocycles. The van der Waals surface area contributed by atoms with Crippen LogP contribution in [0.3, 0.4) is 0 Å². The number of aryl methyl sites for hydroxylation is 1. The Hall–Kier alpha value is -2.34. The number of amides is 1. The zero-order valence-corrected chi connectivity index (χ0v) is 14.1. The van der Waals surface area contributed by atoms with Gasteiger partial charge in [0.2, 0.25) is 0 Å². The van der Waals surface area contributed by atoms with E-state index in [1.807, 2.05) is 6.92 Å². The minimum absolute atomic E-state index is 0.208. The van der Waals surface area contributed by atoms with Crippen LogP contribution < -0.4 is 10.1 Å². The molecule has 6 nitrogen and oxygen atoms in total. The lowest BCUT2D eigenvalue weighted by Gasteiger charge is -2.19. The Bertz CT molecular complexity index is 714. The van der Waals surface area contributed by atoms with Crippen LogP contribution in [0.25, 0.3) is 0 Å². The van der Waals surface area contributed by atoms with Crippen molar-refractivity contribution in [3.63, 3.8) is 0 Å². The van der Waals surface area contributed by atoms with Crippen LogP contribution in [0, 0.1) is 6.92 Å². The van der Waals surface area contributed by atoms with Crippen LogP contribution in [0.15, 0.2) is 30.5 Å². The molecule has 1 N–H and O–H groups in total. The number of ether oxygens (including phenoxy) is 2. The summed E-state index contributed by atoms with van der Waals surface area (Å²) in [7, 11) is 0. The fourth-order valence-electron chi connectivity index (χ4n) is 1.66. The first-order valence-electron chi connectivity index (χ1n) is 7.00. The maximum Gasteiger partial charge on any atom is 0.412 e. The molecule has 0 radical (unpaired) electrons. The van der Waals surface area contributed by atoms with Gasteiger partial charge in [-0.25, -0.2) is 14.8 Å².